The number of hydrogen-bond acceptors (Lipinski definition) is 5. The average Bonchev–Trinajstić information content (AvgIpc) is 2.92. The van der Waals surface area contributed by atoms with Gasteiger partial charge in [0.2, 0.25) is 0 Å². The zero-order valence-electron chi connectivity index (χ0n) is 20.7. The summed E-state index contributed by atoms with van der Waals surface area (Å²) in [6.07, 6.45) is 2.67. The highest BCUT2D eigenvalue weighted by atomic mass is 35.5. The van der Waals surface area contributed by atoms with Crippen molar-refractivity contribution in [2.45, 2.75) is 31.8 Å². The SMILES string of the molecule is O=C(NCCNC(=O)N1CCN(c2ccc(Cl)cc2)CC1)c1ccc(OC2CCC(C(=O)O)CC2)cc1. The number of anilines is 1. The molecule has 2 fully saturated rings. The first-order valence-electron chi connectivity index (χ1n) is 12.7. The van der Waals surface area contributed by atoms with Gasteiger partial charge in [0.25, 0.3) is 5.91 Å². The summed E-state index contributed by atoms with van der Waals surface area (Å²) in [5, 5.41) is 15.5. The van der Waals surface area contributed by atoms with E-state index in [1.807, 2.05) is 24.3 Å². The smallest absolute Gasteiger partial charge is 0.317 e. The van der Waals surface area contributed by atoms with E-state index in [1.54, 1.807) is 29.2 Å². The quantitative estimate of drug-likeness (QED) is 0.451. The number of urea groups is 1. The lowest BCUT2D eigenvalue weighted by Crippen LogP contribution is -2.52. The molecule has 4 rings (SSSR count). The molecule has 0 unspecified atom stereocenters. The number of benzene rings is 2. The number of carboxylic acid groups (broad SMARTS) is 1. The monoisotopic (exact) mass is 528 g/mol. The summed E-state index contributed by atoms with van der Waals surface area (Å²) in [5.41, 5.74) is 1.60. The third-order valence-electron chi connectivity index (χ3n) is 6.89. The lowest BCUT2D eigenvalue weighted by atomic mass is 9.87. The molecule has 0 radical (unpaired) electrons. The standard InChI is InChI=1S/C27H33ClN4O5/c28-21-5-7-22(8-6-21)31-15-17-32(18-16-31)27(36)30-14-13-29-25(33)19-1-9-23(10-2-19)37-24-11-3-20(4-12-24)26(34)35/h1-2,5-10,20,24H,3-4,11-18H2,(H,29,33)(H,30,36)(H,34,35). The third kappa shape index (κ3) is 7.52. The van der Waals surface area contributed by atoms with E-state index in [9.17, 15) is 14.4 Å². The fourth-order valence-electron chi connectivity index (χ4n) is 4.68. The van der Waals surface area contributed by atoms with E-state index in [0.29, 0.717) is 68.2 Å². The van der Waals surface area contributed by atoms with Crippen LogP contribution in [0.3, 0.4) is 0 Å². The third-order valence-corrected chi connectivity index (χ3v) is 7.14. The largest absolute Gasteiger partial charge is 0.490 e. The van der Waals surface area contributed by atoms with E-state index in [0.717, 1.165) is 18.8 Å². The highest BCUT2D eigenvalue weighted by molar-refractivity contribution is 6.30. The Morgan fingerprint density at radius 3 is 2.11 bits per heavy atom. The summed E-state index contributed by atoms with van der Waals surface area (Å²) < 4.78 is 5.95. The molecule has 37 heavy (non-hydrogen) atoms. The van der Waals surface area contributed by atoms with E-state index in [2.05, 4.69) is 15.5 Å². The van der Waals surface area contributed by atoms with Crippen LogP contribution in [0.25, 0.3) is 0 Å². The first-order valence-corrected chi connectivity index (χ1v) is 13.1. The molecule has 0 spiro atoms. The minimum Gasteiger partial charge on any atom is -0.490 e. The molecule has 198 valence electrons. The van der Waals surface area contributed by atoms with Crippen LogP contribution in [0.5, 0.6) is 5.75 Å². The molecule has 1 saturated carbocycles. The van der Waals surface area contributed by atoms with E-state index in [1.165, 1.54) is 0 Å². The van der Waals surface area contributed by atoms with Crippen molar-refractivity contribution in [3.63, 3.8) is 0 Å². The van der Waals surface area contributed by atoms with Gasteiger partial charge in [0.05, 0.1) is 12.0 Å². The van der Waals surface area contributed by atoms with Gasteiger partial charge >= 0.3 is 12.0 Å². The number of aliphatic carboxylic acids is 1. The second-order valence-corrected chi connectivity index (χ2v) is 9.83. The number of carboxylic acids is 1. The maximum atomic E-state index is 12.5. The Morgan fingerprint density at radius 1 is 0.865 bits per heavy atom. The summed E-state index contributed by atoms with van der Waals surface area (Å²) in [7, 11) is 0. The van der Waals surface area contributed by atoms with Crippen molar-refractivity contribution in [2.75, 3.05) is 44.2 Å². The molecule has 1 aliphatic carbocycles. The first kappa shape index (κ1) is 26.6. The van der Waals surface area contributed by atoms with Crippen LogP contribution in [0.4, 0.5) is 10.5 Å². The summed E-state index contributed by atoms with van der Waals surface area (Å²) in [6.45, 7) is 3.39. The van der Waals surface area contributed by atoms with E-state index >= 15 is 0 Å². The van der Waals surface area contributed by atoms with Gasteiger partial charge in [0, 0.05) is 55.5 Å². The number of nitrogens with zero attached hydrogens (tertiary/aromatic N) is 2. The van der Waals surface area contributed by atoms with Crippen LogP contribution in [-0.4, -0.2) is 73.3 Å². The van der Waals surface area contributed by atoms with Crippen LogP contribution in [0.15, 0.2) is 48.5 Å². The molecular formula is C27H33ClN4O5. The van der Waals surface area contributed by atoms with E-state index in [4.69, 9.17) is 21.4 Å². The van der Waals surface area contributed by atoms with Gasteiger partial charge in [-0.05, 0) is 74.2 Å². The lowest BCUT2D eigenvalue weighted by molar-refractivity contribution is -0.143. The molecule has 0 bridgehead atoms. The number of amides is 3. The van der Waals surface area contributed by atoms with Gasteiger partial charge in [-0.25, -0.2) is 4.79 Å². The molecule has 1 saturated heterocycles. The molecule has 3 amide bonds. The van der Waals surface area contributed by atoms with E-state index in [-0.39, 0.29) is 24.0 Å². The zero-order chi connectivity index (χ0) is 26.2. The van der Waals surface area contributed by atoms with Crippen LogP contribution >= 0.6 is 11.6 Å². The predicted molar refractivity (Wildman–Crippen MR) is 141 cm³/mol. The first-order chi connectivity index (χ1) is 17.9. The lowest BCUT2D eigenvalue weighted by Gasteiger charge is -2.36. The average molecular weight is 529 g/mol. The molecule has 2 aliphatic rings. The van der Waals surface area contributed by atoms with Gasteiger partial charge in [0.1, 0.15) is 5.75 Å². The maximum absolute atomic E-state index is 12.5. The van der Waals surface area contributed by atoms with Crippen LogP contribution in [0.1, 0.15) is 36.0 Å². The normalized spacial score (nSPS) is 19.7. The van der Waals surface area contributed by atoms with Crippen LogP contribution in [0, 0.1) is 5.92 Å². The number of halogens is 1. The molecule has 1 heterocycles. The minimum atomic E-state index is -0.735. The van der Waals surface area contributed by atoms with Crippen molar-refractivity contribution in [1.29, 1.82) is 0 Å². The summed E-state index contributed by atoms with van der Waals surface area (Å²) in [6, 6.07) is 14.5. The Balaban J connectivity index is 1.12. The molecule has 9 nitrogen and oxygen atoms in total. The topological polar surface area (TPSA) is 111 Å². The van der Waals surface area contributed by atoms with Crippen molar-refractivity contribution in [1.82, 2.24) is 15.5 Å². The Bertz CT molecular complexity index is 1060. The molecule has 2 aromatic rings. The second kappa shape index (κ2) is 12.7. The fraction of sp³-hybridized carbons (Fsp3) is 0.444. The Labute approximate surface area is 221 Å². The molecule has 0 atom stereocenters. The Hall–Kier alpha value is -3.46. The van der Waals surface area contributed by atoms with Crippen molar-refractivity contribution in [3.8, 4) is 5.75 Å². The summed E-state index contributed by atoms with van der Waals surface area (Å²) >= 11 is 5.96. The van der Waals surface area contributed by atoms with Gasteiger partial charge in [-0.1, -0.05) is 11.6 Å². The Kier molecular flexibility index (Phi) is 9.11. The molecule has 10 heteroatoms. The fourth-order valence-corrected chi connectivity index (χ4v) is 4.81. The maximum Gasteiger partial charge on any atom is 0.317 e. The van der Waals surface area contributed by atoms with Crippen molar-refractivity contribution in [3.05, 3.63) is 59.1 Å². The van der Waals surface area contributed by atoms with Crippen LogP contribution in [-0.2, 0) is 4.79 Å². The van der Waals surface area contributed by atoms with Gasteiger partial charge in [0.15, 0.2) is 0 Å². The van der Waals surface area contributed by atoms with Crippen molar-refractivity contribution < 1.29 is 24.2 Å². The highest BCUT2D eigenvalue weighted by Crippen LogP contribution is 2.28. The predicted octanol–water partition coefficient (Wildman–Crippen LogP) is 3.62. The van der Waals surface area contributed by atoms with Gasteiger partial charge < -0.3 is 30.3 Å². The molecular weight excluding hydrogens is 496 g/mol. The Morgan fingerprint density at radius 2 is 1.49 bits per heavy atom. The number of rotatable bonds is 8. The summed E-state index contributed by atoms with van der Waals surface area (Å²) in [4.78, 5) is 40.0. The minimum absolute atomic E-state index is 0.000647. The molecule has 1 aliphatic heterocycles. The number of hydrogen-bond donors (Lipinski definition) is 3. The zero-order valence-corrected chi connectivity index (χ0v) is 21.5. The number of nitrogens with one attached hydrogen (secondary N) is 2. The second-order valence-electron chi connectivity index (χ2n) is 9.39. The number of carbonyl (C=O) groups excluding carboxylic acids is 2. The van der Waals surface area contributed by atoms with Crippen LogP contribution < -0.4 is 20.3 Å². The summed E-state index contributed by atoms with van der Waals surface area (Å²) in [5.74, 6) is -0.569. The molecule has 0 aromatic heterocycles. The van der Waals surface area contributed by atoms with Crippen molar-refractivity contribution in [2.24, 2.45) is 5.92 Å². The van der Waals surface area contributed by atoms with Crippen LogP contribution in [0.2, 0.25) is 5.02 Å². The molecule has 3 N–H and O–H groups in total. The van der Waals surface area contributed by atoms with E-state index < -0.39 is 5.97 Å². The number of ether oxygens (including phenoxy) is 1. The van der Waals surface area contributed by atoms with Crippen molar-refractivity contribution >= 4 is 35.2 Å². The number of piperazine rings is 1. The number of carbonyl (C=O) groups is 3. The van der Waals surface area contributed by atoms with Gasteiger partial charge in [-0.3, -0.25) is 9.59 Å². The highest BCUT2D eigenvalue weighted by Gasteiger charge is 2.27. The van der Waals surface area contributed by atoms with Gasteiger partial charge in [-0.2, -0.15) is 0 Å². The van der Waals surface area contributed by atoms with Gasteiger partial charge in [-0.15, -0.1) is 0 Å². The molecule has 2 aromatic carbocycles.